The second-order valence-electron chi connectivity index (χ2n) is 45.0. The van der Waals surface area contributed by atoms with Gasteiger partial charge in [-0.05, 0) is 176 Å². The molecule has 8 aromatic carbocycles. The van der Waals surface area contributed by atoms with Crippen LogP contribution in [0.1, 0.15) is 373 Å². The molecule has 1 aliphatic rings. The zero-order valence-electron chi connectivity index (χ0n) is 78.7. The number of unbranched alkanes of at least 4 members (excludes halogenated alkanes) is 5. The molecule has 0 spiro atoms. The van der Waals surface area contributed by atoms with Gasteiger partial charge in [-0.1, -0.05) is 385 Å². The van der Waals surface area contributed by atoms with E-state index in [9.17, 15) is 0 Å². The fourth-order valence-electron chi connectivity index (χ4n) is 14.1. The van der Waals surface area contributed by atoms with Crippen LogP contribution in [0.15, 0.2) is 146 Å². The Labute approximate surface area is 705 Å². The topological polar surface area (TPSA) is 64.6 Å². The summed E-state index contributed by atoms with van der Waals surface area (Å²) in [6, 6.07) is 53.7. The van der Waals surface area contributed by atoms with Crippen LogP contribution in [0.2, 0.25) is 0 Å². The third-order valence-electron chi connectivity index (χ3n) is 21.9. The summed E-state index contributed by atoms with van der Waals surface area (Å²) >= 11 is 0. The van der Waals surface area contributed by atoms with Crippen LogP contribution in [-0.2, 0) is 75.9 Å². The Morgan fingerprint density at radius 2 is 0.513 bits per heavy atom. The average molecular weight is 1620 g/mol. The fraction of sp³-hybridized carbons (Fsp3) is 0.543. The molecule has 0 atom stereocenters. The summed E-state index contributed by atoms with van der Waals surface area (Å²) in [6.07, 6.45) is 8.12. The van der Waals surface area contributed by atoms with Gasteiger partial charge in [-0.15, -0.1) is 0 Å². The minimum Gasteiger partial charge on any atom is -0.435 e. The zero-order valence-corrected chi connectivity index (χ0v) is 81.4. The molecule has 115 heavy (non-hydrogen) atoms. The van der Waals surface area contributed by atoms with Crippen molar-refractivity contribution in [3.63, 3.8) is 0 Å². The highest BCUT2D eigenvalue weighted by Crippen LogP contribution is 2.55. The van der Waals surface area contributed by atoms with Gasteiger partial charge in [-0.25, -0.2) is 0 Å². The molecule has 10 heteroatoms. The summed E-state index contributed by atoms with van der Waals surface area (Å²) in [4.78, 5) is 0. The summed E-state index contributed by atoms with van der Waals surface area (Å²) < 4.78 is 49.0. The number of benzene rings is 8. The van der Waals surface area contributed by atoms with E-state index in [1.807, 2.05) is 0 Å². The molecule has 0 saturated heterocycles. The van der Waals surface area contributed by atoms with Crippen LogP contribution in [-0.4, -0.2) is 6.61 Å². The van der Waals surface area contributed by atoms with Crippen molar-refractivity contribution < 1.29 is 31.7 Å². The maximum Gasteiger partial charge on any atom is 0.463 e. The Balaban J connectivity index is 0.000000340. The molecule has 628 valence electrons. The molecule has 0 bridgehead atoms. The number of rotatable bonds is 19. The fourth-order valence-corrected chi connectivity index (χ4v) is 17.9. The lowest BCUT2D eigenvalue weighted by Crippen LogP contribution is -2.22. The highest BCUT2D eigenvalue weighted by Gasteiger charge is 2.38. The molecule has 0 unspecified atom stereocenters. The van der Waals surface area contributed by atoms with E-state index in [-0.39, 0.29) is 65.0 Å². The van der Waals surface area contributed by atoms with E-state index in [1.54, 1.807) is 0 Å². The van der Waals surface area contributed by atoms with Crippen LogP contribution < -0.4 is 37.8 Å². The van der Waals surface area contributed by atoms with Gasteiger partial charge in [-0.3, -0.25) is 4.52 Å². The Morgan fingerprint density at radius 1 is 0.270 bits per heavy atom. The molecule has 8 aromatic rings. The first-order chi connectivity index (χ1) is 52.5. The maximum absolute atomic E-state index is 7.20. The number of hydrogen-bond donors (Lipinski definition) is 0. The van der Waals surface area contributed by atoms with Crippen molar-refractivity contribution in [2.75, 3.05) is 6.61 Å². The van der Waals surface area contributed by atoms with Crippen LogP contribution in [0, 0.1) is 0 Å². The molecule has 0 aromatic heterocycles. The highest BCUT2D eigenvalue weighted by molar-refractivity contribution is 7.57. The highest BCUT2D eigenvalue weighted by atomic mass is 31.2. The van der Waals surface area contributed by atoms with E-state index < -0.39 is 25.4 Å². The van der Waals surface area contributed by atoms with Gasteiger partial charge in [0.05, 0.1) is 17.2 Å². The second-order valence-corrected chi connectivity index (χ2v) is 48.9. The standard InChI is InChI=1S/C68H92O4P2.C37H59O3P/c1-61(2,3)47-29-37-57(53(41-47)65(13,14)15)69-73(70-58-38-30-48(62(4,5)6)42-54(58)66(16,17)18)51-33-25-45(26-34-51)46-27-35-52(36-28-46)74(71-59-39-31-49(63(7,8)9)43-55(59)67(19,20)21)72-60-40-32-50(64(10,11)12)44-56(60)68(22,23)24;1-14-15-16-17-18-19-20-38-41-39-32-26(22-28(34(2,3)4)24-30(32)36(8,9)10)21-27-23-29(35(5,6)7)25-31(33(27)40-41)37(11,12)13/h25-44H,1-24H3;22-25H,14-21H2,1-13H3. The quantitative estimate of drug-likeness (QED) is 0.0590. The molecule has 0 fully saturated rings. The molecule has 9 rings (SSSR count). The van der Waals surface area contributed by atoms with Crippen LogP contribution in [0.5, 0.6) is 34.5 Å². The number of fused-ring (bicyclic) bond motifs is 2. The van der Waals surface area contributed by atoms with E-state index in [1.165, 1.54) is 87.7 Å². The van der Waals surface area contributed by atoms with Crippen molar-refractivity contribution in [1.82, 2.24) is 0 Å². The molecule has 1 aliphatic heterocycles. The Kier molecular flexibility index (Phi) is 29.2. The molecule has 0 radical (unpaired) electrons. The summed E-state index contributed by atoms with van der Waals surface area (Å²) in [6.45, 7) is 84.7. The first kappa shape index (κ1) is 94.3. The van der Waals surface area contributed by atoms with Gasteiger partial charge in [0.1, 0.15) is 34.5 Å². The molecule has 7 nitrogen and oxygen atoms in total. The maximum atomic E-state index is 7.20. The summed E-state index contributed by atoms with van der Waals surface area (Å²) in [5.41, 5.74) is 18.8. The zero-order chi connectivity index (χ0) is 86.2. The van der Waals surface area contributed by atoms with Crippen molar-refractivity contribution in [3.05, 3.63) is 223 Å². The Bertz CT molecular complexity index is 4150. The van der Waals surface area contributed by atoms with Gasteiger partial charge in [0.25, 0.3) is 0 Å². The van der Waals surface area contributed by atoms with Crippen molar-refractivity contribution in [1.29, 1.82) is 0 Å². The summed E-state index contributed by atoms with van der Waals surface area (Å²) in [5, 5.41) is 1.98. The Hall–Kier alpha value is -6.19. The summed E-state index contributed by atoms with van der Waals surface area (Å²) in [7, 11) is -4.87. The second kappa shape index (κ2) is 35.6. The lowest BCUT2D eigenvalue weighted by Gasteiger charge is -2.34. The van der Waals surface area contributed by atoms with Gasteiger partial charge in [-0.2, -0.15) is 0 Å². The predicted molar refractivity (Wildman–Crippen MR) is 501 cm³/mol. The van der Waals surface area contributed by atoms with Crippen LogP contribution in [0.25, 0.3) is 11.1 Å². The van der Waals surface area contributed by atoms with E-state index in [0.29, 0.717) is 6.61 Å². The van der Waals surface area contributed by atoms with E-state index in [2.05, 4.69) is 402 Å². The van der Waals surface area contributed by atoms with Crippen molar-refractivity contribution in [2.24, 2.45) is 0 Å². The molecule has 1 heterocycles. The van der Waals surface area contributed by atoms with Crippen molar-refractivity contribution >= 4 is 36.0 Å². The minimum absolute atomic E-state index is 0.00545. The van der Waals surface area contributed by atoms with E-state index in [4.69, 9.17) is 31.7 Å². The monoisotopic (exact) mass is 1620 g/mol. The molecule has 0 saturated carbocycles. The van der Waals surface area contributed by atoms with E-state index >= 15 is 0 Å². The van der Waals surface area contributed by atoms with Crippen LogP contribution in [0.3, 0.4) is 0 Å². The summed E-state index contributed by atoms with van der Waals surface area (Å²) in [5.74, 6) is 5.29. The average Bonchev–Trinajstić information content (AvgIpc) is 0.754. The minimum atomic E-state index is -1.63. The smallest absolute Gasteiger partial charge is 0.435 e. The Morgan fingerprint density at radius 3 is 0.757 bits per heavy atom. The molecule has 0 N–H and O–H groups in total. The molecule has 0 amide bonds. The number of hydrogen-bond acceptors (Lipinski definition) is 7. The lowest BCUT2D eigenvalue weighted by molar-refractivity contribution is 0.253. The predicted octanol–water partition coefficient (Wildman–Crippen LogP) is 31.8. The lowest BCUT2D eigenvalue weighted by atomic mass is 9.76. The normalized spacial score (nSPS) is 13.9. The largest absolute Gasteiger partial charge is 0.463 e. The van der Waals surface area contributed by atoms with E-state index in [0.717, 1.165) is 91.3 Å². The van der Waals surface area contributed by atoms with Gasteiger partial charge in [0.2, 0.25) is 0 Å². The molecule has 0 aliphatic carbocycles. The third-order valence-corrected chi connectivity index (χ3v) is 25.9. The van der Waals surface area contributed by atoms with Crippen LogP contribution in [0.4, 0.5) is 0 Å². The molecular weight excluding hydrogens is 1470 g/mol. The van der Waals surface area contributed by atoms with Gasteiger partial charge < -0.3 is 27.1 Å². The van der Waals surface area contributed by atoms with Crippen LogP contribution >= 0.6 is 25.4 Å². The van der Waals surface area contributed by atoms with Gasteiger partial charge >= 0.3 is 25.4 Å². The molecular formula is C105H151O7P3. The first-order valence-electron chi connectivity index (χ1n) is 42.8. The third kappa shape index (κ3) is 25.2. The van der Waals surface area contributed by atoms with Gasteiger partial charge in [0, 0.05) is 39.8 Å². The van der Waals surface area contributed by atoms with Gasteiger partial charge in [0.15, 0.2) is 0 Å². The van der Waals surface area contributed by atoms with Crippen molar-refractivity contribution in [3.8, 4) is 45.6 Å². The SMILES string of the molecule is CC(C)(C)c1ccc(OP(Oc2ccc(C(C)(C)C)cc2C(C)(C)C)c2ccc(-c3ccc(P(Oc4ccc(C(C)(C)C)cc4C(C)(C)C)Oc4ccc(C(C)(C)C)cc4C(C)(C)C)cc3)cc2)c(C(C)(C)C)c1.CCCCCCCCOP1Oc2c(cc(C(C)(C)C)cc2C(C)(C)C)Cc2cc(C(C)(C)C)cc(C(C)(C)C)c2O1. The van der Waals surface area contributed by atoms with Crippen molar-refractivity contribution in [2.45, 2.75) is 366 Å². The first-order valence-corrected chi connectivity index (χ1v) is 46.3.